The highest BCUT2D eigenvalue weighted by Gasteiger charge is 2.59. The van der Waals surface area contributed by atoms with Gasteiger partial charge in [-0.05, 0) is 70.1 Å². The van der Waals surface area contributed by atoms with E-state index in [0.29, 0.717) is 5.92 Å². The molecule has 2 saturated heterocycles. The van der Waals surface area contributed by atoms with Crippen molar-refractivity contribution in [3.05, 3.63) is 23.3 Å². The first-order chi connectivity index (χ1) is 21.6. The molecule has 0 aromatic heterocycles. The van der Waals surface area contributed by atoms with Gasteiger partial charge in [0.25, 0.3) is 0 Å². The number of allylic oxidation sites excluding steroid dienone is 2. The number of carbonyl (C=O) groups excluding carboxylic acids is 1. The van der Waals surface area contributed by atoms with E-state index in [1.54, 1.807) is 6.92 Å². The van der Waals surface area contributed by atoms with Crippen molar-refractivity contribution in [3.8, 4) is 0 Å². The summed E-state index contributed by atoms with van der Waals surface area (Å²) in [6.45, 7) is 13.5. The molecule has 4 rings (SSSR count). The summed E-state index contributed by atoms with van der Waals surface area (Å²) < 4.78 is 29.2. The zero-order valence-electron chi connectivity index (χ0n) is 28.2. The average molecular weight is 657 g/mol. The van der Waals surface area contributed by atoms with Crippen molar-refractivity contribution in [1.82, 2.24) is 0 Å². The van der Waals surface area contributed by atoms with E-state index >= 15 is 0 Å². The van der Waals surface area contributed by atoms with Crippen LogP contribution in [-0.2, 0) is 28.5 Å². The van der Waals surface area contributed by atoms with Crippen LogP contribution in [0, 0.1) is 22.7 Å². The molecule has 2 aliphatic carbocycles. The lowest BCUT2D eigenvalue weighted by molar-refractivity contribution is -0.364. The lowest BCUT2D eigenvalue weighted by Gasteiger charge is -2.61. The largest absolute Gasteiger partial charge is 0.463 e. The second-order valence-corrected chi connectivity index (χ2v) is 14.4. The Morgan fingerprint density at radius 1 is 0.978 bits per heavy atom. The molecule has 3 fully saturated rings. The van der Waals surface area contributed by atoms with Gasteiger partial charge in [-0.1, -0.05) is 44.1 Å². The molecule has 2 heterocycles. The minimum atomic E-state index is -1.69. The molecular weight excluding hydrogens is 600 g/mol. The molecule has 264 valence electrons. The predicted octanol–water partition coefficient (Wildman–Crippen LogP) is 1.72. The van der Waals surface area contributed by atoms with Gasteiger partial charge in [0, 0.05) is 12.3 Å². The van der Waals surface area contributed by atoms with Crippen molar-refractivity contribution in [2.24, 2.45) is 22.7 Å². The summed E-state index contributed by atoms with van der Waals surface area (Å²) in [7, 11) is 0. The van der Waals surface area contributed by atoms with Gasteiger partial charge < -0.3 is 54.3 Å². The van der Waals surface area contributed by atoms with Crippen LogP contribution in [0.25, 0.3) is 0 Å². The van der Waals surface area contributed by atoms with Crippen LogP contribution in [0.2, 0.25) is 0 Å². The standard InChI is InChI=1S/C34H56O12/c1-17(12-14-35)11-13-33(6)19(3)15-24(34(7)18(2)9-8-10-23(33)34)45-31-29(41)27(39)30(20(4)43-31)46-32-28(40)26(38)25(37)22(44-32)16-42-21(5)36/h9,12,19-20,22-32,35,37-41H,8,10-11,13-16H2,1-7H3/b17-12+/t19-,20+,22-,23-,24+,25-,26+,27+,28-,29-,30+,31+,32+,33+,34+/m1/s1. The first-order valence-electron chi connectivity index (χ1n) is 16.6. The Hall–Kier alpha value is -1.45. The van der Waals surface area contributed by atoms with Crippen molar-refractivity contribution in [1.29, 1.82) is 0 Å². The molecule has 15 atom stereocenters. The van der Waals surface area contributed by atoms with Crippen LogP contribution >= 0.6 is 0 Å². The number of esters is 1. The quantitative estimate of drug-likeness (QED) is 0.148. The Balaban J connectivity index is 1.48. The monoisotopic (exact) mass is 656 g/mol. The molecule has 0 aromatic carbocycles. The number of fused-ring (bicyclic) bond motifs is 1. The van der Waals surface area contributed by atoms with Crippen LogP contribution < -0.4 is 0 Å². The maximum Gasteiger partial charge on any atom is 0.302 e. The normalized spacial score (nSPS) is 46.8. The van der Waals surface area contributed by atoms with E-state index in [-0.39, 0.29) is 36.1 Å². The summed E-state index contributed by atoms with van der Waals surface area (Å²) in [6, 6.07) is 0. The van der Waals surface area contributed by atoms with E-state index < -0.39 is 67.4 Å². The number of carbonyl (C=O) groups is 1. The second kappa shape index (κ2) is 15.0. The van der Waals surface area contributed by atoms with E-state index in [2.05, 4.69) is 40.7 Å². The molecular formula is C34H56O12. The highest BCUT2D eigenvalue weighted by Crippen LogP contribution is 2.63. The molecule has 12 heteroatoms. The Bertz CT molecular complexity index is 1110. The maximum atomic E-state index is 11.3. The SMILES string of the molecule is CC(=O)OC[C@H]1O[C@@H](O[C@@H]2[C@@H](O)[C@@H](O)[C@H](O[C@H]3C[C@@H](C)[C@](C)(CC/C(C)=C/CO)[C@H]4CCC=C(C)[C@]34C)O[C@H]2C)[C@H](O)[C@@H](O)[C@@H]1O. The van der Waals surface area contributed by atoms with E-state index in [0.717, 1.165) is 32.1 Å². The Morgan fingerprint density at radius 2 is 1.63 bits per heavy atom. The Kier molecular flexibility index (Phi) is 12.2. The minimum Gasteiger partial charge on any atom is -0.463 e. The first kappa shape index (κ1) is 37.4. The second-order valence-electron chi connectivity index (χ2n) is 14.4. The maximum absolute atomic E-state index is 11.3. The first-order valence-corrected chi connectivity index (χ1v) is 16.6. The fourth-order valence-electron chi connectivity index (χ4n) is 8.26. The summed E-state index contributed by atoms with van der Waals surface area (Å²) in [4.78, 5) is 11.3. The van der Waals surface area contributed by atoms with Crippen LogP contribution in [0.15, 0.2) is 23.3 Å². The fraction of sp³-hybridized carbons (Fsp3) is 0.853. The van der Waals surface area contributed by atoms with Crippen LogP contribution in [0.3, 0.4) is 0 Å². The number of hydrogen-bond donors (Lipinski definition) is 6. The third-order valence-electron chi connectivity index (χ3n) is 11.6. The average Bonchev–Trinajstić information content (AvgIpc) is 3.00. The van der Waals surface area contributed by atoms with Gasteiger partial charge in [0.05, 0.1) is 18.8 Å². The highest BCUT2D eigenvalue weighted by atomic mass is 16.7. The summed E-state index contributed by atoms with van der Waals surface area (Å²) in [5.41, 5.74) is 2.09. The lowest BCUT2D eigenvalue weighted by Crippen LogP contribution is -2.65. The number of aliphatic hydroxyl groups is 6. The molecule has 0 bridgehead atoms. The van der Waals surface area contributed by atoms with Gasteiger partial charge in [-0.15, -0.1) is 0 Å². The van der Waals surface area contributed by atoms with Gasteiger partial charge in [0.1, 0.15) is 49.3 Å². The third kappa shape index (κ3) is 7.27. The van der Waals surface area contributed by atoms with Crippen molar-refractivity contribution in [2.45, 2.75) is 148 Å². The van der Waals surface area contributed by atoms with E-state index in [4.69, 9.17) is 23.7 Å². The molecule has 1 saturated carbocycles. The topological polar surface area (TPSA) is 185 Å². The van der Waals surface area contributed by atoms with Gasteiger partial charge in [-0.2, -0.15) is 0 Å². The highest BCUT2D eigenvalue weighted by molar-refractivity contribution is 5.65. The molecule has 6 N–H and O–H groups in total. The molecule has 2 aliphatic heterocycles. The summed E-state index contributed by atoms with van der Waals surface area (Å²) in [6.07, 6.45) is -5.37. The van der Waals surface area contributed by atoms with Gasteiger partial charge in [0.2, 0.25) is 0 Å². The van der Waals surface area contributed by atoms with Crippen molar-refractivity contribution >= 4 is 5.97 Å². The van der Waals surface area contributed by atoms with E-state index in [9.17, 15) is 35.4 Å². The minimum absolute atomic E-state index is 0.0127. The van der Waals surface area contributed by atoms with Gasteiger partial charge >= 0.3 is 5.97 Å². The van der Waals surface area contributed by atoms with E-state index in [1.165, 1.54) is 18.1 Å². The van der Waals surface area contributed by atoms with Crippen LogP contribution in [0.5, 0.6) is 0 Å². The molecule has 4 aliphatic rings. The molecule has 0 aromatic rings. The third-order valence-corrected chi connectivity index (χ3v) is 11.6. The van der Waals surface area contributed by atoms with Gasteiger partial charge in [-0.25, -0.2) is 0 Å². The van der Waals surface area contributed by atoms with Crippen molar-refractivity contribution in [2.75, 3.05) is 13.2 Å². The summed E-state index contributed by atoms with van der Waals surface area (Å²) in [5, 5.41) is 63.2. The number of aliphatic hydroxyl groups excluding tert-OH is 6. The number of ether oxygens (including phenoxy) is 5. The molecule has 0 spiro atoms. The summed E-state index contributed by atoms with van der Waals surface area (Å²) >= 11 is 0. The van der Waals surface area contributed by atoms with Crippen molar-refractivity contribution < 1.29 is 59.1 Å². The van der Waals surface area contributed by atoms with Crippen molar-refractivity contribution in [3.63, 3.8) is 0 Å². The number of hydrogen-bond acceptors (Lipinski definition) is 12. The summed E-state index contributed by atoms with van der Waals surface area (Å²) in [5.74, 6) is -0.0326. The van der Waals surface area contributed by atoms with E-state index in [1.807, 2.05) is 6.08 Å². The fourth-order valence-corrected chi connectivity index (χ4v) is 8.26. The lowest BCUT2D eigenvalue weighted by atomic mass is 9.46. The zero-order valence-corrected chi connectivity index (χ0v) is 28.2. The molecule has 0 unspecified atom stereocenters. The Labute approximate surface area is 272 Å². The Morgan fingerprint density at radius 3 is 2.28 bits per heavy atom. The predicted molar refractivity (Wildman–Crippen MR) is 166 cm³/mol. The molecule has 12 nitrogen and oxygen atoms in total. The van der Waals surface area contributed by atoms with Crippen LogP contribution in [0.1, 0.15) is 80.6 Å². The van der Waals surface area contributed by atoms with Crippen LogP contribution in [0.4, 0.5) is 0 Å². The smallest absolute Gasteiger partial charge is 0.302 e. The van der Waals surface area contributed by atoms with Crippen LogP contribution in [-0.4, -0.2) is 117 Å². The van der Waals surface area contributed by atoms with Gasteiger partial charge in [-0.3, -0.25) is 4.79 Å². The zero-order chi connectivity index (χ0) is 34.1. The molecule has 0 amide bonds. The molecule has 46 heavy (non-hydrogen) atoms. The number of rotatable bonds is 10. The molecule has 0 radical (unpaired) electrons. The van der Waals surface area contributed by atoms with Gasteiger partial charge in [0.15, 0.2) is 12.6 Å².